The van der Waals surface area contributed by atoms with Crippen LogP contribution in [-0.4, -0.2) is 48.6 Å². The topological polar surface area (TPSA) is 114 Å². The summed E-state index contributed by atoms with van der Waals surface area (Å²) < 4.78 is 24.0. The van der Waals surface area contributed by atoms with Gasteiger partial charge in [-0.25, -0.2) is 18.1 Å². The number of hydrogen-bond acceptors (Lipinski definition) is 7. The standard InChI is InChI=1S/C13H17N5O3S2/c1-23(20,21)17-5-3-12(19)16-4-2-10-9-22-13(18-10)11-8-14-6-7-15-11/h6-9,17H,2-5H2,1H3,(H,16,19). The normalized spacial score (nSPS) is 11.3. The third-order valence-electron chi connectivity index (χ3n) is 2.75. The molecule has 124 valence electrons. The van der Waals surface area contributed by atoms with Crippen molar-refractivity contribution in [3.8, 4) is 10.7 Å². The molecule has 8 nitrogen and oxygen atoms in total. The lowest BCUT2D eigenvalue weighted by Gasteiger charge is -2.04. The Labute approximate surface area is 138 Å². The predicted octanol–water partition coefficient (Wildman–Crippen LogP) is 0.198. The first-order valence-corrected chi connectivity index (χ1v) is 9.63. The van der Waals surface area contributed by atoms with Gasteiger partial charge in [-0.3, -0.25) is 14.8 Å². The Morgan fingerprint density at radius 2 is 2.13 bits per heavy atom. The molecule has 0 aliphatic rings. The maximum absolute atomic E-state index is 11.6. The highest BCUT2D eigenvalue weighted by atomic mass is 32.2. The minimum atomic E-state index is -3.26. The molecule has 0 bridgehead atoms. The molecule has 0 aliphatic carbocycles. The minimum absolute atomic E-state index is 0.0954. The van der Waals surface area contributed by atoms with Gasteiger partial charge >= 0.3 is 0 Å². The van der Waals surface area contributed by atoms with Crippen molar-refractivity contribution in [1.82, 2.24) is 25.0 Å². The number of carbonyl (C=O) groups is 1. The number of sulfonamides is 1. The first-order valence-electron chi connectivity index (χ1n) is 6.86. The Balaban J connectivity index is 1.72. The highest BCUT2D eigenvalue weighted by Gasteiger charge is 2.07. The fourth-order valence-corrected chi connectivity index (χ4v) is 3.00. The first kappa shape index (κ1) is 17.4. The number of nitrogens with one attached hydrogen (secondary N) is 2. The summed E-state index contributed by atoms with van der Waals surface area (Å²) in [5, 5.41) is 5.44. The molecule has 1 amide bonds. The van der Waals surface area contributed by atoms with Crippen LogP contribution in [0.1, 0.15) is 12.1 Å². The molecule has 0 atom stereocenters. The van der Waals surface area contributed by atoms with Crippen LogP contribution in [-0.2, 0) is 21.2 Å². The first-order chi connectivity index (χ1) is 10.9. The molecule has 0 aliphatic heterocycles. The summed E-state index contributed by atoms with van der Waals surface area (Å²) in [6.45, 7) is 0.541. The molecule has 0 aromatic carbocycles. The van der Waals surface area contributed by atoms with Gasteiger partial charge in [0.1, 0.15) is 10.7 Å². The van der Waals surface area contributed by atoms with E-state index in [0.29, 0.717) is 13.0 Å². The van der Waals surface area contributed by atoms with Crippen molar-refractivity contribution in [1.29, 1.82) is 0 Å². The van der Waals surface area contributed by atoms with Gasteiger partial charge in [0.15, 0.2) is 0 Å². The largest absolute Gasteiger partial charge is 0.356 e. The van der Waals surface area contributed by atoms with Crippen molar-refractivity contribution in [3.05, 3.63) is 29.7 Å². The van der Waals surface area contributed by atoms with Gasteiger partial charge in [0.2, 0.25) is 15.9 Å². The second-order valence-electron chi connectivity index (χ2n) is 4.75. The number of aromatic nitrogens is 3. The van der Waals surface area contributed by atoms with E-state index in [1.54, 1.807) is 18.6 Å². The van der Waals surface area contributed by atoms with Crippen molar-refractivity contribution >= 4 is 27.3 Å². The van der Waals surface area contributed by atoms with Gasteiger partial charge in [-0.15, -0.1) is 11.3 Å². The molecule has 2 rings (SSSR count). The van der Waals surface area contributed by atoms with Crippen LogP contribution in [0, 0.1) is 0 Å². The molecule has 23 heavy (non-hydrogen) atoms. The Morgan fingerprint density at radius 1 is 1.30 bits per heavy atom. The summed E-state index contributed by atoms with van der Waals surface area (Å²) in [5.41, 5.74) is 1.59. The van der Waals surface area contributed by atoms with Crippen LogP contribution in [0.4, 0.5) is 0 Å². The van der Waals surface area contributed by atoms with E-state index in [9.17, 15) is 13.2 Å². The summed E-state index contributed by atoms with van der Waals surface area (Å²) >= 11 is 1.48. The van der Waals surface area contributed by atoms with Crippen molar-refractivity contribution < 1.29 is 13.2 Å². The summed E-state index contributed by atoms with van der Waals surface area (Å²) in [6, 6.07) is 0. The fourth-order valence-electron chi connectivity index (χ4n) is 1.72. The van der Waals surface area contributed by atoms with E-state index < -0.39 is 10.0 Å². The van der Waals surface area contributed by atoms with Crippen LogP contribution in [0.2, 0.25) is 0 Å². The number of carbonyl (C=O) groups excluding carboxylic acids is 1. The van der Waals surface area contributed by atoms with Crippen LogP contribution in [0.25, 0.3) is 10.7 Å². The van der Waals surface area contributed by atoms with E-state index in [1.807, 2.05) is 5.38 Å². The third-order valence-corrected chi connectivity index (χ3v) is 4.40. The highest BCUT2D eigenvalue weighted by molar-refractivity contribution is 7.88. The van der Waals surface area contributed by atoms with Gasteiger partial charge in [-0.2, -0.15) is 0 Å². The van der Waals surface area contributed by atoms with Gasteiger partial charge in [0.05, 0.1) is 18.1 Å². The SMILES string of the molecule is CS(=O)(=O)NCCC(=O)NCCc1csc(-c2cnccn2)n1. The Morgan fingerprint density at radius 3 is 2.83 bits per heavy atom. The molecule has 2 aromatic heterocycles. The van der Waals surface area contributed by atoms with E-state index in [1.165, 1.54) is 11.3 Å². The number of rotatable bonds is 8. The molecule has 0 radical (unpaired) electrons. The van der Waals surface area contributed by atoms with E-state index >= 15 is 0 Å². The van der Waals surface area contributed by atoms with Crippen molar-refractivity contribution in [2.45, 2.75) is 12.8 Å². The fraction of sp³-hybridized carbons (Fsp3) is 0.385. The molecule has 0 fully saturated rings. The molecule has 2 N–H and O–H groups in total. The van der Waals surface area contributed by atoms with Gasteiger partial charge in [0, 0.05) is 43.7 Å². The molecule has 0 saturated heterocycles. The number of amides is 1. The zero-order valence-electron chi connectivity index (χ0n) is 12.5. The zero-order valence-corrected chi connectivity index (χ0v) is 14.2. The summed E-state index contributed by atoms with van der Waals surface area (Å²) in [7, 11) is -3.26. The van der Waals surface area contributed by atoms with Crippen LogP contribution in [0.15, 0.2) is 24.0 Å². The van der Waals surface area contributed by atoms with Crippen LogP contribution in [0.5, 0.6) is 0 Å². The third kappa shape index (κ3) is 6.38. The quantitative estimate of drug-likeness (QED) is 0.699. The van der Waals surface area contributed by atoms with Crippen LogP contribution in [0.3, 0.4) is 0 Å². The maximum Gasteiger partial charge on any atom is 0.221 e. The average Bonchev–Trinajstić information content (AvgIpc) is 2.96. The van der Waals surface area contributed by atoms with Crippen LogP contribution < -0.4 is 10.0 Å². The molecule has 0 saturated carbocycles. The molecule has 0 unspecified atom stereocenters. The van der Waals surface area contributed by atoms with Gasteiger partial charge in [0.25, 0.3) is 0 Å². The second-order valence-corrected chi connectivity index (χ2v) is 7.44. The van der Waals surface area contributed by atoms with Gasteiger partial charge in [-0.1, -0.05) is 0 Å². The monoisotopic (exact) mass is 355 g/mol. The van der Waals surface area contributed by atoms with Crippen molar-refractivity contribution in [2.24, 2.45) is 0 Å². The van der Waals surface area contributed by atoms with E-state index in [2.05, 4.69) is 25.0 Å². The summed E-state index contributed by atoms with van der Waals surface area (Å²) in [4.78, 5) is 24.2. The molecular weight excluding hydrogens is 338 g/mol. The van der Waals surface area contributed by atoms with E-state index in [0.717, 1.165) is 22.7 Å². The molecule has 10 heteroatoms. The number of nitrogens with zero attached hydrogens (tertiary/aromatic N) is 3. The van der Waals surface area contributed by atoms with Crippen LogP contribution >= 0.6 is 11.3 Å². The lowest BCUT2D eigenvalue weighted by atomic mass is 10.3. The minimum Gasteiger partial charge on any atom is -0.356 e. The number of hydrogen-bond donors (Lipinski definition) is 2. The Kier molecular flexibility index (Phi) is 6.13. The summed E-state index contributed by atoms with van der Waals surface area (Å²) in [6.07, 6.45) is 6.63. The van der Waals surface area contributed by atoms with Gasteiger partial charge in [-0.05, 0) is 0 Å². The van der Waals surface area contributed by atoms with E-state index in [4.69, 9.17) is 0 Å². The molecule has 2 heterocycles. The number of thiazole rings is 1. The van der Waals surface area contributed by atoms with Crippen molar-refractivity contribution in [2.75, 3.05) is 19.3 Å². The van der Waals surface area contributed by atoms with Gasteiger partial charge < -0.3 is 5.32 Å². The summed E-state index contributed by atoms with van der Waals surface area (Å²) in [5.74, 6) is -0.203. The molecule has 0 spiro atoms. The maximum atomic E-state index is 11.6. The second kappa shape index (κ2) is 8.09. The average molecular weight is 355 g/mol. The van der Waals surface area contributed by atoms with E-state index in [-0.39, 0.29) is 18.9 Å². The highest BCUT2D eigenvalue weighted by Crippen LogP contribution is 2.20. The molecule has 2 aromatic rings. The smallest absolute Gasteiger partial charge is 0.221 e. The zero-order chi connectivity index (χ0) is 16.7. The molecular formula is C13H17N5O3S2. The Bertz CT molecular complexity index is 746. The Hall–Kier alpha value is -1.91. The lowest BCUT2D eigenvalue weighted by Crippen LogP contribution is -2.31. The van der Waals surface area contributed by atoms with Crippen molar-refractivity contribution in [3.63, 3.8) is 0 Å². The predicted molar refractivity (Wildman–Crippen MR) is 87.3 cm³/mol. The lowest BCUT2D eigenvalue weighted by molar-refractivity contribution is -0.120.